The molecule has 82 valence electrons. The molecule has 1 heterocycles. The normalized spacial score (nSPS) is 19.5. The summed E-state index contributed by atoms with van der Waals surface area (Å²) < 4.78 is 19.1. The van der Waals surface area contributed by atoms with Gasteiger partial charge in [0.1, 0.15) is 11.6 Å². The lowest BCUT2D eigenvalue weighted by atomic mass is 9.98. The molecule has 1 N–H and O–H groups in total. The number of halogens is 1. The van der Waals surface area contributed by atoms with Gasteiger partial charge in [-0.3, -0.25) is 0 Å². The van der Waals surface area contributed by atoms with Crippen LogP contribution >= 0.6 is 0 Å². The molecule has 1 atom stereocenters. The third-order valence-corrected chi connectivity index (χ3v) is 2.60. The Morgan fingerprint density at radius 3 is 3.07 bits per heavy atom. The Bertz CT molecular complexity index is 368. The molecule has 0 saturated carbocycles. The second-order valence-corrected chi connectivity index (χ2v) is 3.62. The summed E-state index contributed by atoms with van der Waals surface area (Å²) in [6.07, 6.45) is 0.710. The summed E-state index contributed by atoms with van der Waals surface area (Å²) in [6, 6.07) is 3.06. The van der Waals surface area contributed by atoms with Gasteiger partial charge in [0.25, 0.3) is 0 Å². The molecule has 1 unspecified atom stereocenters. The summed E-state index contributed by atoms with van der Waals surface area (Å²) in [5.41, 5.74) is 4.31. The lowest BCUT2D eigenvalue weighted by Gasteiger charge is -2.27. The summed E-state index contributed by atoms with van der Waals surface area (Å²) in [6.45, 7) is 2.49. The zero-order chi connectivity index (χ0) is 10.8. The number of hydroxylamine groups is 1. The number of fused-ring (bicyclic) bond motifs is 1. The van der Waals surface area contributed by atoms with Crippen LogP contribution in [0.4, 0.5) is 4.39 Å². The molecule has 0 amide bonds. The fraction of sp³-hybridized carbons (Fsp3) is 0.455. The predicted octanol–water partition coefficient (Wildman–Crippen LogP) is 2.11. The van der Waals surface area contributed by atoms with Gasteiger partial charge in [-0.2, -0.15) is 5.48 Å². The first-order valence-electron chi connectivity index (χ1n) is 4.94. The van der Waals surface area contributed by atoms with Gasteiger partial charge in [0.15, 0.2) is 0 Å². The van der Waals surface area contributed by atoms with Crippen molar-refractivity contribution in [3.05, 3.63) is 29.1 Å². The van der Waals surface area contributed by atoms with Gasteiger partial charge in [0.2, 0.25) is 0 Å². The van der Waals surface area contributed by atoms with Gasteiger partial charge in [-0.15, -0.1) is 0 Å². The maximum atomic E-state index is 13.6. The van der Waals surface area contributed by atoms with Crippen molar-refractivity contribution >= 4 is 0 Å². The minimum Gasteiger partial charge on any atom is -0.493 e. The largest absolute Gasteiger partial charge is 0.493 e. The predicted molar refractivity (Wildman–Crippen MR) is 54.1 cm³/mol. The fourth-order valence-corrected chi connectivity index (χ4v) is 1.88. The van der Waals surface area contributed by atoms with Crippen molar-refractivity contribution < 1.29 is 14.0 Å². The number of nitrogens with one attached hydrogen (secondary N) is 1. The highest BCUT2D eigenvalue weighted by atomic mass is 19.1. The van der Waals surface area contributed by atoms with E-state index < -0.39 is 0 Å². The lowest BCUT2D eigenvalue weighted by Crippen LogP contribution is -2.27. The van der Waals surface area contributed by atoms with Gasteiger partial charge in [0, 0.05) is 12.0 Å². The van der Waals surface area contributed by atoms with Crippen molar-refractivity contribution in [3.63, 3.8) is 0 Å². The van der Waals surface area contributed by atoms with E-state index >= 15 is 0 Å². The molecular formula is C11H14FNO2. The Balaban J connectivity index is 2.45. The summed E-state index contributed by atoms with van der Waals surface area (Å²) in [5, 5.41) is 0. The standard InChI is InChI=1S/C11H14FNO2/c1-7-3-4-8(12)10-9(13-14-2)5-6-15-11(7)10/h3-4,9,13H,5-6H2,1-2H3. The van der Waals surface area contributed by atoms with Crippen molar-refractivity contribution in [2.75, 3.05) is 13.7 Å². The molecule has 1 aliphatic rings. The average molecular weight is 211 g/mol. The van der Waals surface area contributed by atoms with Crippen LogP contribution in [0.3, 0.4) is 0 Å². The van der Waals surface area contributed by atoms with Crippen molar-refractivity contribution in [2.24, 2.45) is 0 Å². The zero-order valence-electron chi connectivity index (χ0n) is 8.84. The van der Waals surface area contributed by atoms with Gasteiger partial charge >= 0.3 is 0 Å². The van der Waals surface area contributed by atoms with E-state index in [-0.39, 0.29) is 11.9 Å². The summed E-state index contributed by atoms with van der Waals surface area (Å²) in [4.78, 5) is 4.86. The number of hydrogen-bond donors (Lipinski definition) is 1. The van der Waals surface area contributed by atoms with Gasteiger partial charge in [-0.1, -0.05) is 6.07 Å². The van der Waals surface area contributed by atoms with Crippen LogP contribution in [0.15, 0.2) is 12.1 Å². The first kappa shape index (κ1) is 10.4. The minimum atomic E-state index is -0.246. The van der Waals surface area contributed by atoms with E-state index in [0.29, 0.717) is 24.3 Å². The van der Waals surface area contributed by atoms with E-state index in [0.717, 1.165) is 5.56 Å². The molecule has 15 heavy (non-hydrogen) atoms. The topological polar surface area (TPSA) is 30.5 Å². The quantitative estimate of drug-likeness (QED) is 0.760. The second-order valence-electron chi connectivity index (χ2n) is 3.62. The zero-order valence-corrected chi connectivity index (χ0v) is 8.84. The highest BCUT2D eigenvalue weighted by Gasteiger charge is 2.26. The van der Waals surface area contributed by atoms with E-state index in [1.807, 2.05) is 6.92 Å². The third kappa shape index (κ3) is 1.82. The Morgan fingerprint density at radius 1 is 1.53 bits per heavy atom. The third-order valence-electron chi connectivity index (χ3n) is 2.60. The summed E-state index contributed by atoms with van der Waals surface area (Å²) in [5.74, 6) is 0.403. The van der Waals surface area contributed by atoms with Crippen LogP contribution < -0.4 is 10.2 Å². The van der Waals surface area contributed by atoms with Crippen LogP contribution in [-0.4, -0.2) is 13.7 Å². The van der Waals surface area contributed by atoms with Crippen molar-refractivity contribution in [2.45, 2.75) is 19.4 Å². The molecule has 0 spiro atoms. The molecule has 0 saturated heterocycles. The first-order chi connectivity index (χ1) is 7.24. The van der Waals surface area contributed by atoms with Gasteiger partial charge < -0.3 is 9.57 Å². The van der Waals surface area contributed by atoms with E-state index in [1.165, 1.54) is 13.2 Å². The molecule has 1 aromatic rings. The van der Waals surface area contributed by atoms with Gasteiger partial charge in [-0.05, 0) is 18.6 Å². The van der Waals surface area contributed by atoms with Crippen LogP contribution in [0, 0.1) is 12.7 Å². The number of hydrogen-bond acceptors (Lipinski definition) is 3. The van der Waals surface area contributed by atoms with E-state index in [9.17, 15) is 4.39 Å². The fourth-order valence-electron chi connectivity index (χ4n) is 1.88. The number of benzene rings is 1. The van der Waals surface area contributed by atoms with Crippen LogP contribution in [0.5, 0.6) is 5.75 Å². The van der Waals surface area contributed by atoms with Gasteiger partial charge in [-0.25, -0.2) is 4.39 Å². The Kier molecular flexibility index (Phi) is 2.88. The highest BCUT2D eigenvalue weighted by Crippen LogP contribution is 2.36. The van der Waals surface area contributed by atoms with Crippen LogP contribution in [0.25, 0.3) is 0 Å². The van der Waals surface area contributed by atoms with E-state index in [1.54, 1.807) is 6.07 Å². The Morgan fingerprint density at radius 2 is 2.33 bits per heavy atom. The Labute approximate surface area is 88.1 Å². The highest BCUT2D eigenvalue weighted by molar-refractivity contribution is 5.44. The summed E-state index contributed by atoms with van der Waals surface area (Å²) >= 11 is 0. The molecular weight excluding hydrogens is 197 g/mol. The molecule has 4 heteroatoms. The van der Waals surface area contributed by atoms with E-state index in [4.69, 9.17) is 9.57 Å². The molecule has 3 nitrogen and oxygen atoms in total. The first-order valence-corrected chi connectivity index (χ1v) is 4.94. The van der Waals surface area contributed by atoms with Crippen LogP contribution in [-0.2, 0) is 4.84 Å². The number of rotatable bonds is 2. The Hall–Kier alpha value is -1.13. The van der Waals surface area contributed by atoms with Crippen LogP contribution in [0.1, 0.15) is 23.6 Å². The molecule has 2 rings (SSSR count). The molecule has 0 bridgehead atoms. The molecule has 0 fully saturated rings. The maximum Gasteiger partial charge on any atom is 0.131 e. The lowest BCUT2D eigenvalue weighted by molar-refractivity contribution is 0.0447. The SMILES string of the molecule is CONC1CCOc2c(C)ccc(F)c21. The van der Waals surface area contributed by atoms with Crippen molar-refractivity contribution in [1.29, 1.82) is 0 Å². The smallest absolute Gasteiger partial charge is 0.131 e. The summed E-state index contributed by atoms with van der Waals surface area (Å²) in [7, 11) is 1.53. The monoisotopic (exact) mass is 211 g/mol. The van der Waals surface area contributed by atoms with Gasteiger partial charge in [0.05, 0.1) is 19.8 Å². The van der Waals surface area contributed by atoms with Crippen LogP contribution in [0.2, 0.25) is 0 Å². The molecule has 0 aliphatic carbocycles. The van der Waals surface area contributed by atoms with E-state index in [2.05, 4.69) is 5.48 Å². The van der Waals surface area contributed by atoms with Crippen molar-refractivity contribution in [3.8, 4) is 5.75 Å². The molecule has 1 aromatic carbocycles. The average Bonchev–Trinajstić information content (AvgIpc) is 2.24. The second kappa shape index (κ2) is 4.16. The minimum absolute atomic E-state index is 0.126. The molecule has 1 aliphatic heterocycles. The molecule has 0 aromatic heterocycles. The van der Waals surface area contributed by atoms with Crippen molar-refractivity contribution in [1.82, 2.24) is 5.48 Å². The molecule has 0 radical (unpaired) electrons. The number of aryl methyl sites for hydroxylation is 1. The number of ether oxygens (including phenoxy) is 1. The maximum absolute atomic E-state index is 13.6.